The summed E-state index contributed by atoms with van der Waals surface area (Å²) < 4.78 is 1.97. The van der Waals surface area contributed by atoms with Crippen molar-refractivity contribution in [1.29, 1.82) is 0 Å². The number of nitrogens with zero attached hydrogens (tertiary/aromatic N) is 4. The van der Waals surface area contributed by atoms with Crippen molar-refractivity contribution in [2.75, 3.05) is 23.3 Å². The summed E-state index contributed by atoms with van der Waals surface area (Å²) in [7, 11) is 1.95. The predicted octanol–water partition coefficient (Wildman–Crippen LogP) is 3.82. The minimum absolute atomic E-state index is 0.225. The molecule has 1 saturated heterocycles. The van der Waals surface area contributed by atoms with E-state index in [4.69, 9.17) is 0 Å². The Balaban J connectivity index is 1.45. The number of pyridine rings is 1. The van der Waals surface area contributed by atoms with Crippen molar-refractivity contribution in [1.82, 2.24) is 19.7 Å². The molecule has 5 rings (SSSR count). The molecule has 1 aliphatic heterocycles. The summed E-state index contributed by atoms with van der Waals surface area (Å²) in [4.78, 5) is 19.8. The van der Waals surface area contributed by atoms with Gasteiger partial charge in [-0.1, -0.05) is 0 Å². The second-order valence-electron chi connectivity index (χ2n) is 7.35. The zero-order chi connectivity index (χ0) is 19.8. The van der Waals surface area contributed by atoms with Crippen LogP contribution in [0.3, 0.4) is 0 Å². The van der Waals surface area contributed by atoms with E-state index >= 15 is 0 Å². The number of aryl methyl sites for hydroxylation is 1. The van der Waals surface area contributed by atoms with Gasteiger partial charge in [-0.2, -0.15) is 5.10 Å². The Bertz CT molecular complexity index is 1180. The van der Waals surface area contributed by atoms with E-state index in [9.17, 15) is 4.79 Å². The number of aromatic nitrogens is 4. The average molecular weight is 386 g/mol. The highest BCUT2D eigenvalue weighted by Gasteiger charge is 2.18. The molecule has 2 N–H and O–H groups in total. The third-order valence-corrected chi connectivity index (χ3v) is 5.47. The van der Waals surface area contributed by atoms with Crippen molar-refractivity contribution in [3.63, 3.8) is 0 Å². The highest BCUT2D eigenvalue weighted by molar-refractivity contribution is 6.10. The van der Waals surface area contributed by atoms with Crippen molar-refractivity contribution < 1.29 is 4.79 Å². The van der Waals surface area contributed by atoms with Crippen LogP contribution in [0.1, 0.15) is 23.3 Å². The van der Waals surface area contributed by atoms with E-state index in [0.29, 0.717) is 5.69 Å². The maximum atomic E-state index is 12.8. The standard InChI is InChI=1S/C22H22N6O/c1-27-11-5-7-19(27)17-14-18(26-25-17)22(29)24-16-8-9-20(28-12-2-3-13-28)21-15(16)6-4-10-23-21/h4-11,14H,2-3,12-13H2,1H3,(H,24,29)(H,25,26). The lowest BCUT2D eigenvalue weighted by molar-refractivity contribution is 0.102. The highest BCUT2D eigenvalue weighted by Crippen LogP contribution is 2.32. The summed E-state index contributed by atoms with van der Waals surface area (Å²) in [6, 6.07) is 13.6. The average Bonchev–Trinajstić information content (AvgIpc) is 3.50. The third kappa shape index (κ3) is 3.14. The van der Waals surface area contributed by atoms with E-state index in [2.05, 4.69) is 31.5 Å². The first kappa shape index (κ1) is 17.5. The molecule has 1 fully saturated rings. The van der Waals surface area contributed by atoms with Crippen LogP contribution in [0.25, 0.3) is 22.3 Å². The van der Waals surface area contributed by atoms with Crippen LogP contribution in [0, 0.1) is 0 Å². The maximum absolute atomic E-state index is 12.8. The Hall–Kier alpha value is -3.61. The Kier molecular flexibility index (Phi) is 4.27. The first-order valence-corrected chi connectivity index (χ1v) is 9.82. The number of anilines is 2. The largest absolute Gasteiger partial charge is 0.370 e. The predicted molar refractivity (Wildman–Crippen MR) is 114 cm³/mol. The fourth-order valence-corrected chi connectivity index (χ4v) is 3.97. The number of rotatable bonds is 4. The SMILES string of the molecule is Cn1cccc1-c1cc(C(=O)Nc2ccc(N3CCCC3)c3ncccc23)[nH]n1. The molecule has 3 aromatic heterocycles. The molecule has 1 aliphatic rings. The summed E-state index contributed by atoms with van der Waals surface area (Å²) in [6.45, 7) is 2.10. The fourth-order valence-electron chi connectivity index (χ4n) is 3.97. The van der Waals surface area contributed by atoms with Crippen LogP contribution < -0.4 is 10.2 Å². The number of hydrogen-bond acceptors (Lipinski definition) is 4. The Morgan fingerprint density at radius 1 is 1.14 bits per heavy atom. The van der Waals surface area contributed by atoms with Crippen LogP contribution in [-0.4, -0.2) is 38.7 Å². The van der Waals surface area contributed by atoms with Gasteiger partial charge in [0.25, 0.3) is 5.91 Å². The van der Waals surface area contributed by atoms with Crippen LogP contribution in [-0.2, 0) is 7.05 Å². The van der Waals surface area contributed by atoms with E-state index in [0.717, 1.165) is 46.8 Å². The van der Waals surface area contributed by atoms with Gasteiger partial charge in [0.15, 0.2) is 0 Å². The second kappa shape index (κ2) is 7.09. The van der Waals surface area contributed by atoms with Crippen molar-refractivity contribution in [2.45, 2.75) is 12.8 Å². The molecule has 0 aliphatic carbocycles. The number of fused-ring (bicyclic) bond motifs is 1. The maximum Gasteiger partial charge on any atom is 0.273 e. The zero-order valence-electron chi connectivity index (χ0n) is 16.2. The lowest BCUT2D eigenvalue weighted by Gasteiger charge is -2.20. The molecule has 0 bridgehead atoms. The quantitative estimate of drug-likeness (QED) is 0.559. The van der Waals surface area contributed by atoms with Crippen LogP contribution in [0.5, 0.6) is 0 Å². The molecule has 1 aromatic carbocycles. The van der Waals surface area contributed by atoms with Gasteiger partial charge >= 0.3 is 0 Å². The van der Waals surface area contributed by atoms with E-state index < -0.39 is 0 Å². The Morgan fingerprint density at radius 3 is 2.79 bits per heavy atom. The van der Waals surface area contributed by atoms with Gasteiger partial charge in [-0.05, 0) is 55.3 Å². The second-order valence-corrected chi connectivity index (χ2v) is 7.35. The first-order valence-electron chi connectivity index (χ1n) is 9.82. The van der Waals surface area contributed by atoms with Crippen molar-refractivity contribution in [2.24, 2.45) is 7.05 Å². The van der Waals surface area contributed by atoms with Crippen LogP contribution in [0.2, 0.25) is 0 Å². The Labute approximate surface area is 168 Å². The summed E-state index contributed by atoms with van der Waals surface area (Å²) >= 11 is 0. The number of benzene rings is 1. The van der Waals surface area contributed by atoms with Gasteiger partial charge in [0, 0.05) is 37.9 Å². The molecule has 7 heteroatoms. The molecule has 1 amide bonds. The van der Waals surface area contributed by atoms with Crippen LogP contribution >= 0.6 is 0 Å². The number of H-pyrrole nitrogens is 1. The fraction of sp³-hybridized carbons (Fsp3) is 0.227. The van der Waals surface area contributed by atoms with Gasteiger partial charge in [0.1, 0.15) is 11.4 Å². The molecule has 0 saturated carbocycles. The molecule has 0 spiro atoms. The molecule has 7 nitrogen and oxygen atoms in total. The number of aromatic amines is 1. The monoisotopic (exact) mass is 386 g/mol. The summed E-state index contributed by atoms with van der Waals surface area (Å²) in [5.41, 5.74) is 4.89. The van der Waals surface area contributed by atoms with Crippen LogP contribution in [0.15, 0.2) is 54.9 Å². The molecular weight excluding hydrogens is 364 g/mol. The van der Waals surface area contributed by atoms with Gasteiger partial charge in [-0.15, -0.1) is 0 Å². The summed E-state index contributed by atoms with van der Waals surface area (Å²) in [5.74, 6) is -0.225. The molecule has 0 atom stereocenters. The first-order chi connectivity index (χ1) is 14.2. The minimum atomic E-state index is -0.225. The van der Waals surface area contributed by atoms with Gasteiger partial charge in [-0.3, -0.25) is 14.9 Å². The molecule has 0 unspecified atom stereocenters. The number of carbonyl (C=O) groups excluding carboxylic acids is 1. The molecule has 4 aromatic rings. The zero-order valence-corrected chi connectivity index (χ0v) is 16.2. The topological polar surface area (TPSA) is 78.8 Å². The third-order valence-electron chi connectivity index (χ3n) is 5.47. The summed E-state index contributed by atoms with van der Waals surface area (Å²) in [6.07, 6.45) is 6.16. The van der Waals surface area contributed by atoms with Gasteiger partial charge in [-0.25, -0.2) is 0 Å². The number of amides is 1. The highest BCUT2D eigenvalue weighted by atomic mass is 16.1. The molecule has 146 valence electrons. The number of carbonyl (C=O) groups is 1. The van der Waals surface area contributed by atoms with Crippen molar-refractivity contribution in [3.8, 4) is 11.4 Å². The smallest absolute Gasteiger partial charge is 0.273 e. The van der Waals surface area contributed by atoms with Gasteiger partial charge < -0.3 is 14.8 Å². The summed E-state index contributed by atoms with van der Waals surface area (Å²) in [5, 5.41) is 11.1. The normalized spacial score (nSPS) is 13.9. The van der Waals surface area contributed by atoms with Gasteiger partial charge in [0.2, 0.25) is 0 Å². The van der Waals surface area contributed by atoms with Gasteiger partial charge in [0.05, 0.1) is 22.6 Å². The Morgan fingerprint density at radius 2 is 2.00 bits per heavy atom. The number of hydrogen-bond donors (Lipinski definition) is 2. The molecule has 4 heterocycles. The van der Waals surface area contributed by atoms with Crippen LogP contribution in [0.4, 0.5) is 11.4 Å². The van der Waals surface area contributed by atoms with E-state index in [1.807, 2.05) is 48.1 Å². The molecular formula is C22H22N6O. The molecule has 29 heavy (non-hydrogen) atoms. The van der Waals surface area contributed by atoms with E-state index in [1.165, 1.54) is 12.8 Å². The number of nitrogens with one attached hydrogen (secondary N) is 2. The molecule has 0 radical (unpaired) electrons. The lowest BCUT2D eigenvalue weighted by Crippen LogP contribution is -2.18. The van der Waals surface area contributed by atoms with E-state index in [-0.39, 0.29) is 5.91 Å². The minimum Gasteiger partial charge on any atom is -0.370 e. The van der Waals surface area contributed by atoms with Crippen molar-refractivity contribution >= 4 is 28.2 Å². The van der Waals surface area contributed by atoms with E-state index in [1.54, 1.807) is 12.3 Å². The van der Waals surface area contributed by atoms with Crippen molar-refractivity contribution in [3.05, 3.63) is 60.6 Å². The lowest BCUT2D eigenvalue weighted by atomic mass is 10.1.